The molecule has 0 N–H and O–H groups in total. The van der Waals surface area contributed by atoms with Crippen LogP contribution in [-0.2, 0) is 0 Å². The van der Waals surface area contributed by atoms with Gasteiger partial charge < -0.3 is 0 Å². The maximum atomic E-state index is 12.8. The first-order valence-electron chi connectivity index (χ1n) is 8.13. The van der Waals surface area contributed by atoms with Crippen LogP contribution in [0.15, 0.2) is 30.3 Å². The fourth-order valence-electron chi connectivity index (χ4n) is 3.51. The molecule has 2 rings (SSSR count). The van der Waals surface area contributed by atoms with Crippen molar-refractivity contribution in [3.63, 3.8) is 0 Å². The third kappa shape index (κ3) is 3.49. The Hall–Kier alpha value is -1.15. The van der Waals surface area contributed by atoms with Crippen LogP contribution in [0.25, 0.3) is 0 Å². The molecule has 1 aliphatic carbocycles. The molecule has 0 bridgehead atoms. The Bertz CT molecular complexity index is 409. The molecular formula is C18H27NO. The van der Waals surface area contributed by atoms with Crippen molar-refractivity contribution in [1.82, 2.24) is 4.90 Å². The fraction of sp³-hybridized carbons (Fsp3) is 0.611. The minimum atomic E-state index is 0.0468. The molecule has 1 unspecified atom stereocenters. The average Bonchev–Trinajstić information content (AvgIpc) is 2.53. The number of carbonyl (C=O) groups excluding carboxylic acids is 1. The van der Waals surface area contributed by atoms with E-state index in [-0.39, 0.29) is 6.04 Å². The molecule has 1 saturated carbocycles. The van der Waals surface area contributed by atoms with Crippen LogP contribution in [0, 0.1) is 0 Å². The Morgan fingerprint density at radius 1 is 1.15 bits per heavy atom. The van der Waals surface area contributed by atoms with Gasteiger partial charge in [-0.15, -0.1) is 0 Å². The van der Waals surface area contributed by atoms with E-state index in [1.807, 2.05) is 30.3 Å². The molecule has 0 aromatic heterocycles. The number of hydrogen-bond donors (Lipinski definition) is 0. The highest BCUT2D eigenvalue weighted by Crippen LogP contribution is 2.26. The van der Waals surface area contributed by atoms with Gasteiger partial charge in [-0.3, -0.25) is 9.69 Å². The number of carbonyl (C=O) groups is 1. The van der Waals surface area contributed by atoms with E-state index in [1.165, 1.54) is 32.1 Å². The molecule has 1 aromatic carbocycles. The summed E-state index contributed by atoms with van der Waals surface area (Å²) in [7, 11) is 0. The summed E-state index contributed by atoms with van der Waals surface area (Å²) in [5.41, 5.74) is 0.855. The molecule has 1 aliphatic rings. The second-order valence-corrected chi connectivity index (χ2v) is 5.78. The van der Waals surface area contributed by atoms with Crippen molar-refractivity contribution in [3.05, 3.63) is 35.9 Å². The average molecular weight is 273 g/mol. The van der Waals surface area contributed by atoms with E-state index in [4.69, 9.17) is 0 Å². The first kappa shape index (κ1) is 15.2. The van der Waals surface area contributed by atoms with Crippen molar-refractivity contribution >= 4 is 5.78 Å². The van der Waals surface area contributed by atoms with Crippen molar-refractivity contribution in [1.29, 1.82) is 0 Å². The van der Waals surface area contributed by atoms with Crippen molar-refractivity contribution in [2.24, 2.45) is 0 Å². The molecule has 0 saturated heterocycles. The Kier molecular flexibility index (Phi) is 5.78. The van der Waals surface area contributed by atoms with Crippen LogP contribution >= 0.6 is 0 Å². The number of Topliss-reactive ketones (excluding diaryl/α,β-unsaturated/α-hetero) is 1. The molecule has 110 valence electrons. The lowest BCUT2D eigenvalue weighted by Crippen LogP contribution is -2.47. The van der Waals surface area contributed by atoms with Gasteiger partial charge in [0.25, 0.3) is 0 Å². The van der Waals surface area contributed by atoms with Crippen molar-refractivity contribution < 1.29 is 4.79 Å². The second kappa shape index (κ2) is 7.58. The molecule has 1 aromatic rings. The smallest absolute Gasteiger partial charge is 0.179 e. The molecule has 0 amide bonds. The monoisotopic (exact) mass is 273 g/mol. The zero-order valence-corrected chi connectivity index (χ0v) is 12.8. The maximum absolute atomic E-state index is 12.8. The lowest BCUT2D eigenvalue weighted by atomic mass is 9.91. The van der Waals surface area contributed by atoms with Crippen molar-refractivity contribution in [3.8, 4) is 0 Å². The van der Waals surface area contributed by atoms with Gasteiger partial charge in [0.2, 0.25) is 0 Å². The van der Waals surface area contributed by atoms with E-state index in [9.17, 15) is 4.79 Å². The molecule has 1 fully saturated rings. The zero-order chi connectivity index (χ0) is 14.4. The minimum Gasteiger partial charge on any atom is -0.292 e. The summed E-state index contributed by atoms with van der Waals surface area (Å²) in [5.74, 6) is 0.292. The van der Waals surface area contributed by atoms with Crippen molar-refractivity contribution in [2.75, 3.05) is 6.54 Å². The van der Waals surface area contributed by atoms with Gasteiger partial charge in [-0.25, -0.2) is 0 Å². The van der Waals surface area contributed by atoms with Gasteiger partial charge in [0.15, 0.2) is 5.78 Å². The minimum absolute atomic E-state index is 0.0468. The molecule has 0 heterocycles. The fourth-order valence-corrected chi connectivity index (χ4v) is 3.51. The Labute approximate surface area is 123 Å². The Morgan fingerprint density at radius 2 is 1.80 bits per heavy atom. The topological polar surface area (TPSA) is 20.3 Å². The van der Waals surface area contributed by atoms with Gasteiger partial charge in [-0.1, -0.05) is 63.4 Å². The summed E-state index contributed by atoms with van der Waals surface area (Å²) in [6, 6.07) is 10.4. The van der Waals surface area contributed by atoms with Gasteiger partial charge in [0.1, 0.15) is 0 Å². The zero-order valence-electron chi connectivity index (χ0n) is 12.8. The molecular weight excluding hydrogens is 246 g/mol. The van der Waals surface area contributed by atoms with Gasteiger partial charge in [-0.05, 0) is 25.8 Å². The van der Waals surface area contributed by atoms with E-state index >= 15 is 0 Å². The Balaban J connectivity index is 2.14. The van der Waals surface area contributed by atoms with Gasteiger partial charge in [-0.2, -0.15) is 0 Å². The normalized spacial score (nSPS) is 18.1. The summed E-state index contributed by atoms with van der Waals surface area (Å²) in [6.45, 7) is 5.30. The SMILES string of the molecule is CCC(C(=O)c1ccccc1)N(CC)C1CCCCC1. The quantitative estimate of drug-likeness (QED) is 0.720. The Morgan fingerprint density at radius 3 is 2.35 bits per heavy atom. The lowest BCUT2D eigenvalue weighted by Gasteiger charge is -2.38. The van der Waals surface area contributed by atoms with E-state index in [0.717, 1.165) is 18.5 Å². The molecule has 2 nitrogen and oxygen atoms in total. The molecule has 2 heteroatoms. The predicted molar refractivity (Wildman–Crippen MR) is 84.1 cm³/mol. The number of rotatable bonds is 6. The summed E-state index contributed by atoms with van der Waals surface area (Å²) in [4.78, 5) is 15.2. The first-order chi connectivity index (χ1) is 9.77. The highest BCUT2D eigenvalue weighted by Gasteiger charge is 2.30. The maximum Gasteiger partial charge on any atom is 0.179 e. The van der Waals surface area contributed by atoms with Crippen LogP contribution in [-0.4, -0.2) is 29.3 Å². The largest absolute Gasteiger partial charge is 0.292 e. The van der Waals surface area contributed by atoms with Gasteiger partial charge >= 0.3 is 0 Å². The van der Waals surface area contributed by atoms with Crippen LogP contribution in [0.2, 0.25) is 0 Å². The molecule has 1 atom stereocenters. The number of nitrogens with zero attached hydrogens (tertiary/aromatic N) is 1. The lowest BCUT2D eigenvalue weighted by molar-refractivity contribution is 0.0673. The first-order valence-corrected chi connectivity index (χ1v) is 8.13. The van der Waals surface area contributed by atoms with E-state index < -0.39 is 0 Å². The summed E-state index contributed by atoms with van der Waals surface area (Å²) < 4.78 is 0. The van der Waals surface area contributed by atoms with Gasteiger partial charge in [0, 0.05) is 11.6 Å². The number of ketones is 1. The summed E-state index contributed by atoms with van der Waals surface area (Å²) >= 11 is 0. The number of likely N-dealkylation sites (N-methyl/N-ethyl adjacent to an activating group) is 1. The standard InChI is InChI=1S/C18H27NO/c1-3-17(18(20)15-11-7-5-8-12-15)19(4-2)16-13-9-6-10-14-16/h5,7-8,11-12,16-17H,3-4,6,9-10,13-14H2,1-2H3. The van der Waals surface area contributed by atoms with Crippen LogP contribution in [0.1, 0.15) is 62.7 Å². The van der Waals surface area contributed by atoms with Crippen molar-refractivity contribution in [2.45, 2.75) is 64.5 Å². The molecule has 0 spiro atoms. The highest BCUT2D eigenvalue weighted by molar-refractivity contribution is 6.00. The van der Waals surface area contributed by atoms with E-state index in [0.29, 0.717) is 11.8 Å². The number of hydrogen-bond acceptors (Lipinski definition) is 2. The van der Waals surface area contributed by atoms with Crippen LogP contribution < -0.4 is 0 Å². The van der Waals surface area contributed by atoms with Crippen LogP contribution in [0.5, 0.6) is 0 Å². The predicted octanol–water partition coefficient (Wildman–Crippen LogP) is 4.30. The molecule has 0 aliphatic heterocycles. The summed E-state index contributed by atoms with van der Waals surface area (Å²) in [6.07, 6.45) is 7.41. The molecule has 0 radical (unpaired) electrons. The van der Waals surface area contributed by atoms with Crippen LogP contribution in [0.3, 0.4) is 0 Å². The number of benzene rings is 1. The van der Waals surface area contributed by atoms with Gasteiger partial charge in [0.05, 0.1) is 6.04 Å². The molecule has 20 heavy (non-hydrogen) atoms. The third-order valence-corrected chi connectivity index (χ3v) is 4.56. The van der Waals surface area contributed by atoms with Crippen LogP contribution in [0.4, 0.5) is 0 Å². The highest BCUT2D eigenvalue weighted by atomic mass is 16.1. The second-order valence-electron chi connectivity index (χ2n) is 5.78. The van der Waals surface area contributed by atoms with E-state index in [2.05, 4.69) is 18.7 Å². The van der Waals surface area contributed by atoms with E-state index in [1.54, 1.807) is 0 Å². The summed E-state index contributed by atoms with van der Waals surface area (Å²) in [5, 5.41) is 0. The third-order valence-electron chi connectivity index (χ3n) is 4.56.